The average molecular weight is 324 g/mol. The topological polar surface area (TPSA) is 84.1 Å². The summed E-state index contributed by atoms with van der Waals surface area (Å²) < 4.78 is 4.23. The predicted octanol–water partition coefficient (Wildman–Crippen LogP) is 3.26. The third-order valence-electron chi connectivity index (χ3n) is 3.91. The van der Waals surface area contributed by atoms with Gasteiger partial charge in [-0.05, 0) is 31.3 Å². The summed E-state index contributed by atoms with van der Waals surface area (Å²) in [6, 6.07) is 0. The largest absolute Gasteiger partial charge is 0.388 e. The van der Waals surface area contributed by atoms with Crippen LogP contribution in [0.5, 0.6) is 0 Å². The molecule has 114 valence electrons. The highest BCUT2D eigenvalue weighted by Gasteiger charge is 2.29. The van der Waals surface area contributed by atoms with Crippen molar-refractivity contribution in [3.05, 3.63) is 11.1 Å². The van der Waals surface area contributed by atoms with Crippen LogP contribution in [0.25, 0.3) is 10.6 Å². The van der Waals surface area contributed by atoms with E-state index in [1.807, 2.05) is 12.3 Å². The number of hydrogen-bond acceptors (Lipinski definition) is 7. The molecule has 3 rings (SSSR count). The maximum atomic E-state index is 10.6. The van der Waals surface area contributed by atoms with Gasteiger partial charge < -0.3 is 16.2 Å². The van der Waals surface area contributed by atoms with Crippen LogP contribution in [0.4, 0.5) is 10.8 Å². The highest BCUT2D eigenvalue weighted by Crippen LogP contribution is 2.39. The molecule has 5 nitrogen and oxygen atoms in total. The molecule has 0 radical (unpaired) electrons. The lowest BCUT2D eigenvalue weighted by molar-refractivity contribution is 0.0168. The van der Waals surface area contributed by atoms with Gasteiger partial charge in [0.25, 0.3) is 0 Å². The number of anilines is 2. The number of nitrogen functional groups attached to an aromatic ring is 1. The quantitative estimate of drug-likeness (QED) is 0.804. The number of nitrogens with two attached hydrogens (primary N) is 1. The molecule has 7 heteroatoms. The van der Waals surface area contributed by atoms with Crippen LogP contribution >= 0.6 is 22.9 Å². The van der Waals surface area contributed by atoms with Gasteiger partial charge in [0.15, 0.2) is 0 Å². The van der Waals surface area contributed by atoms with Gasteiger partial charge in [0, 0.05) is 17.6 Å². The number of hydrogen-bond donors (Lipinski definition) is 3. The van der Waals surface area contributed by atoms with Gasteiger partial charge in [-0.3, -0.25) is 0 Å². The molecule has 0 saturated heterocycles. The summed E-state index contributed by atoms with van der Waals surface area (Å²) in [5.74, 6) is 0.507. The second-order valence-electron chi connectivity index (χ2n) is 5.70. The Hall–Kier alpha value is -1.18. The van der Waals surface area contributed by atoms with Crippen molar-refractivity contribution in [2.45, 2.75) is 44.6 Å². The number of rotatable bonds is 4. The van der Waals surface area contributed by atoms with E-state index in [1.165, 1.54) is 18.0 Å². The Morgan fingerprint density at radius 2 is 2.14 bits per heavy atom. The minimum atomic E-state index is -0.604. The van der Waals surface area contributed by atoms with Crippen LogP contribution < -0.4 is 11.1 Å². The fourth-order valence-corrected chi connectivity index (χ4v) is 4.36. The smallest absolute Gasteiger partial charge is 0.149 e. The minimum Gasteiger partial charge on any atom is -0.388 e. The van der Waals surface area contributed by atoms with Gasteiger partial charge in [0.1, 0.15) is 15.8 Å². The fraction of sp³-hybridized carbons (Fsp3) is 0.571. The first-order valence-electron chi connectivity index (χ1n) is 7.21. The van der Waals surface area contributed by atoms with Crippen LogP contribution in [0.2, 0.25) is 0 Å². The summed E-state index contributed by atoms with van der Waals surface area (Å²) in [6.45, 7) is 2.51. The zero-order valence-corrected chi connectivity index (χ0v) is 13.7. The molecular weight excluding hydrogens is 304 g/mol. The summed E-state index contributed by atoms with van der Waals surface area (Å²) >= 11 is 2.91. The fourth-order valence-electron chi connectivity index (χ4n) is 2.73. The molecule has 0 spiro atoms. The first kappa shape index (κ1) is 14.7. The molecule has 0 bridgehead atoms. The molecule has 1 aliphatic rings. The number of nitrogens with zero attached hydrogens (tertiary/aromatic N) is 2. The van der Waals surface area contributed by atoms with Crippen molar-refractivity contribution in [3.63, 3.8) is 0 Å². The van der Waals surface area contributed by atoms with E-state index in [9.17, 15) is 5.11 Å². The highest BCUT2D eigenvalue weighted by molar-refractivity contribution is 7.15. The molecule has 2 heterocycles. The van der Waals surface area contributed by atoms with Crippen LogP contribution in [-0.4, -0.2) is 26.6 Å². The van der Waals surface area contributed by atoms with E-state index in [-0.39, 0.29) is 0 Å². The molecule has 4 N–H and O–H groups in total. The van der Waals surface area contributed by atoms with E-state index in [1.54, 1.807) is 11.3 Å². The Kier molecular flexibility index (Phi) is 4.14. The van der Waals surface area contributed by atoms with E-state index in [2.05, 4.69) is 14.7 Å². The van der Waals surface area contributed by atoms with Crippen molar-refractivity contribution in [2.75, 3.05) is 17.6 Å². The second kappa shape index (κ2) is 5.90. The molecule has 0 atom stereocenters. The van der Waals surface area contributed by atoms with Crippen LogP contribution in [0, 0.1) is 6.92 Å². The first-order valence-corrected chi connectivity index (χ1v) is 8.87. The molecule has 0 unspecified atom stereocenters. The zero-order valence-electron chi connectivity index (χ0n) is 12.1. The van der Waals surface area contributed by atoms with Crippen molar-refractivity contribution < 1.29 is 5.11 Å². The lowest BCUT2D eigenvalue weighted by atomic mass is 9.85. The Balaban J connectivity index is 1.77. The zero-order chi connectivity index (χ0) is 14.9. The normalized spacial score (nSPS) is 17.8. The third kappa shape index (κ3) is 3.20. The van der Waals surface area contributed by atoms with E-state index >= 15 is 0 Å². The van der Waals surface area contributed by atoms with Crippen molar-refractivity contribution in [1.82, 2.24) is 9.36 Å². The Morgan fingerprint density at radius 3 is 2.81 bits per heavy atom. The Bertz CT molecular complexity index is 616. The van der Waals surface area contributed by atoms with Gasteiger partial charge in [-0.15, -0.1) is 11.3 Å². The molecule has 0 aromatic carbocycles. The van der Waals surface area contributed by atoms with Crippen molar-refractivity contribution >= 4 is 33.7 Å². The number of aromatic nitrogens is 2. The number of aliphatic hydroxyl groups is 1. The van der Waals surface area contributed by atoms with Gasteiger partial charge in [-0.1, -0.05) is 19.3 Å². The summed E-state index contributed by atoms with van der Waals surface area (Å²) in [4.78, 5) is 4.49. The summed E-state index contributed by atoms with van der Waals surface area (Å²) in [5, 5.41) is 17.7. The molecule has 2 aromatic heterocycles. The predicted molar refractivity (Wildman–Crippen MR) is 88.9 cm³/mol. The van der Waals surface area contributed by atoms with E-state index in [0.29, 0.717) is 12.4 Å². The van der Waals surface area contributed by atoms with E-state index in [0.717, 1.165) is 46.9 Å². The monoisotopic (exact) mass is 324 g/mol. The molecule has 21 heavy (non-hydrogen) atoms. The summed E-state index contributed by atoms with van der Waals surface area (Å²) in [7, 11) is 0. The number of nitrogens with one attached hydrogen (secondary N) is 1. The Labute approximate surface area is 132 Å². The Morgan fingerprint density at radius 1 is 1.38 bits per heavy atom. The van der Waals surface area contributed by atoms with E-state index in [4.69, 9.17) is 5.73 Å². The lowest BCUT2D eigenvalue weighted by Gasteiger charge is -2.32. The van der Waals surface area contributed by atoms with Crippen molar-refractivity contribution in [3.8, 4) is 10.6 Å². The van der Waals surface area contributed by atoms with Crippen LogP contribution in [-0.2, 0) is 0 Å². The van der Waals surface area contributed by atoms with E-state index < -0.39 is 5.60 Å². The maximum Gasteiger partial charge on any atom is 0.149 e. The van der Waals surface area contributed by atoms with Gasteiger partial charge in [-0.2, -0.15) is 4.37 Å². The second-order valence-corrected chi connectivity index (χ2v) is 7.34. The van der Waals surface area contributed by atoms with Gasteiger partial charge in [-0.25, -0.2) is 4.98 Å². The molecule has 1 saturated carbocycles. The molecule has 2 aromatic rings. The highest BCUT2D eigenvalue weighted by atomic mass is 32.1. The number of thiazole rings is 1. The van der Waals surface area contributed by atoms with Crippen LogP contribution in [0.3, 0.4) is 0 Å². The molecule has 1 fully saturated rings. The number of aryl methyl sites for hydroxylation is 1. The van der Waals surface area contributed by atoms with Crippen molar-refractivity contribution in [2.24, 2.45) is 0 Å². The molecular formula is C14H20N4OS2. The SMILES string of the molecule is Cc1csc(-c2c(N)nsc2NCC2(O)CCCCC2)n1. The van der Waals surface area contributed by atoms with Gasteiger partial charge in [0.05, 0.1) is 11.2 Å². The average Bonchev–Trinajstić information content (AvgIpc) is 3.03. The standard InChI is InChI=1S/C14H20N4OS2/c1-9-7-20-13(17-9)10-11(15)18-21-12(10)16-8-14(19)5-3-2-4-6-14/h7,16,19H,2-6,8H2,1H3,(H2,15,18). The minimum absolute atomic E-state index is 0.507. The maximum absolute atomic E-state index is 10.6. The van der Waals surface area contributed by atoms with Gasteiger partial charge >= 0.3 is 0 Å². The first-order chi connectivity index (χ1) is 10.1. The third-order valence-corrected chi connectivity index (χ3v) is 5.71. The van der Waals surface area contributed by atoms with Crippen molar-refractivity contribution in [1.29, 1.82) is 0 Å². The molecule has 0 aliphatic heterocycles. The lowest BCUT2D eigenvalue weighted by Crippen LogP contribution is -2.38. The summed E-state index contributed by atoms with van der Waals surface area (Å²) in [5.41, 5.74) is 7.24. The van der Waals surface area contributed by atoms with Crippen LogP contribution in [0.15, 0.2) is 5.38 Å². The summed E-state index contributed by atoms with van der Waals surface area (Å²) in [6.07, 6.45) is 5.14. The molecule has 1 aliphatic carbocycles. The van der Waals surface area contributed by atoms with Gasteiger partial charge in [0.2, 0.25) is 0 Å². The van der Waals surface area contributed by atoms with Crippen LogP contribution in [0.1, 0.15) is 37.8 Å². The molecule has 0 amide bonds.